The number of aryl methyl sites for hydroxylation is 1. The highest BCUT2D eigenvalue weighted by molar-refractivity contribution is 5.39. The molecule has 0 saturated heterocycles. The highest BCUT2D eigenvalue weighted by atomic mass is 16.5. The van der Waals surface area contributed by atoms with E-state index in [1.165, 1.54) is 24.0 Å². The standard InChI is InChI=1S/C18H27NO2/c1-2-21-18(10-3-4-11-18)17(19)8-6-14-5-7-16-15(13-14)9-12-20-16/h5,7,13,17H,2-4,6,8-12,19H2,1H3. The van der Waals surface area contributed by atoms with E-state index in [1.807, 2.05) is 0 Å². The van der Waals surface area contributed by atoms with Crippen molar-refractivity contribution >= 4 is 0 Å². The topological polar surface area (TPSA) is 44.5 Å². The molecule has 0 bridgehead atoms. The van der Waals surface area contributed by atoms with Crippen LogP contribution in [0.3, 0.4) is 0 Å². The van der Waals surface area contributed by atoms with Gasteiger partial charge in [-0.05, 0) is 49.8 Å². The minimum atomic E-state index is -0.0609. The average Bonchev–Trinajstić information content (AvgIpc) is 3.14. The van der Waals surface area contributed by atoms with E-state index >= 15 is 0 Å². The predicted octanol–water partition coefficient (Wildman–Crippen LogP) is 3.23. The fourth-order valence-electron chi connectivity index (χ4n) is 3.86. The van der Waals surface area contributed by atoms with Gasteiger partial charge < -0.3 is 15.2 Å². The summed E-state index contributed by atoms with van der Waals surface area (Å²) < 4.78 is 11.6. The van der Waals surface area contributed by atoms with E-state index in [-0.39, 0.29) is 11.6 Å². The first-order chi connectivity index (χ1) is 10.2. The molecule has 0 amide bonds. The molecule has 3 nitrogen and oxygen atoms in total. The summed E-state index contributed by atoms with van der Waals surface area (Å²) in [4.78, 5) is 0. The van der Waals surface area contributed by atoms with E-state index in [0.29, 0.717) is 0 Å². The van der Waals surface area contributed by atoms with Gasteiger partial charge in [-0.25, -0.2) is 0 Å². The lowest BCUT2D eigenvalue weighted by atomic mass is 9.88. The van der Waals surface area contributed by atoms with Gasteiger partial charge in [-0.2, -0.15) is 0 Å². The molecule has 1 saturated carbocycles. The zero-order valence-electron chi connectivity index (χ0n) is 13.1. The number of benzene rings is 1. The van der Waals surface area contributed by atoms with Crippen LogP contribution in [-0.4, -0.2) is 24.9 Å². The summed E-state index contributed by atoms with van der Waals surface area (Å²) in [6.45, 7) is 3.67. The first kappa shape index (κ1) is 14.9. The van der Waals surface area contributed by atoms with Gasteiger partial charge in [-0.15, -0.1) is 0 Å². The molecule has 0 spiro atoms. The molecule has 21 heavy (non-hydrogen) atoms. The third-order valence-corrected chi connectivity index (χ3v) is 5.06. The van der Waals surface area contributed by atoms with Crippen LogP contribution in [-0.2, 0) is 17.6 Å². The van der Waals surface area contributed by atoms with Crippen LogP contribution in [0.5, 0.6) is 5.75 Å². The van der Waals surface area contributed by atoms with Gasteiger partial charge in [0.2, 0.25) is 0 Å². The molecule has 1 aliphatic carbocycles. The van der Waals surface area contributed by atoms with Gasteiger partial charge in [-0.1, -0.05) is 25.0 Å². The van der Waals surface area contributed by atoms with Crippen molar-refractivity contribution in [2.45, 2.75) is 63.5 Å². The molecule has 1 fully saturated rings. The smallest absolute Gasteiger partial charge is 0.122 e. The number of fused-ring (bicyclic) bond motifs is 1. The monoisotopic (exact) mass is 289 g/mol. The fourth-order valence-corrected chi connectivity index (χ4v) is 3.86. The molecule has 2 N–H and O–H groups in total. The fraction of sp³-hybridized carbons (Fsp3) is 0.667. The van der Waals surface area contributed by atoms with E-state index in [4.69, 9.17) is 15.2 Å². The maximum absolute atomic E-state index is 6.51. The van der Waals surface area contributed by atoms with Crippen molar-refractivity contribution in [3.63, 3.8) is 0 Å². The normalized spacial score (nSPS) is 21.0. The summed E-state index contributed by atoms with van der Waals surface area (Å²) in [6.07, 6.45) is 7.83. The minimum absolute atomic E-state index is 0.0609. The van der Waals surface area contributed by atoms with Crippen LogP contribution in [0.15, 0.2) is 18.2 Å². The molecule has 3 rings (SSSR count). The Morgan fingerprint density at radius 3 is 2.90 bits per heavy atom. The third-order valence-electron chi connectivity index (χ3n) is 5.06. The van der Waals surface area contributed by atoms with Crippen LogP contribution in [0.4, 0.5) is 0 Å². The Labute approximate surface area is 127 Å². The quantitative estimate of drug-likeness (QED) is 0.874. The molecule has 1 unspecified atom stereocenters. The number of ether oxygens (including phenoxy) is 2. The van der Waals surface area contributed by atoms with Crippen LogP contribution >= 0.6 is 0 Å². The first-order valence-corrected chi connectivity index (χ1v) is 8.38. The van der Waals surface area contributed by atoms with E-state index in [0.717, 1.165) is 51.1 Å². The molecule has 2 aliphatic rings. The molecule has 116 valence electrons. The lowest BCUT2D eigenvalue weighted by Gasteiger charge is -2.35. The predicted molar refractivity (Wildman–Crippen MR) is 84.8 cm³/mol. The van der Waals surface area contributed by atoms with Crippen LogP contribution in [0.25, 0.3) is 0 Å². The van der Waals surface area contributed by atoms with Crippen LogP contribution in [0, 0.1) is 0 Å². The second kappa shape index (κ2) is 6.37. The van der Waals surface area contributed by atoms with Crippen molar-refractivity contribution in [1.29, 1.82) is 0 Å². The molecule has 3 heteroatoms. The van der Waals surface area contributed by atoms with E-state index in [2.05, 4.69) is 25.1 Å². The van der Waals surface area contributed by atoms with E-state index in [9.17, 15) is 0 Å². The van der Waals surface area contributed by atoms with Crippen molar-refractivity contribution < 1.29 is 9.47 Å². The second-order valence-corrected chi connectivity index (χ2v) is 6.39. The maximum Gasteiger partial charge on any atom is 0.122 e. The lowest BCUT2D eigenvalue weighted by molar-refractivity contribution is -0.0541. The molecule has 0 radical (unpaired) electrons. The molecule has 1 aromatic rings. The molecule has 1 heterocycles. The van der Waals surface area contributed by atoms with Gasteiger partial charge in [0, 0.05) is 19.1 Å². The van der Waals surface area contributed by atoms with Crippen LogP contribution in [0.1, 0.15) is 50.2 Å². The van der Waals surface area contributed by atoms with Gasteiger partial charge in [-0.3, -0.25) is 0 Å². The van der Waals surface area contributed by atoms with Crippen molar-refractivity contribution in [3.8, 4) is 5.75 Å². The Bertz CT molecular complexity index is 480. The van der Waals surface area contributed by atoms with Gasteiger partial charge in [0.25, 0.3) is 0 Å². The van der Waals surface area contributed by atoms with Crippen molar-refractivity contribution in [2.75, 3.05) is 13.2 Å². The second-order valence-electron chi connectivity index (χ2n) is 6.39. The zero-order chi connectivity index (χ0) is 14.7. The Morgan fingerprint density at radius 2 is 2.14 bits per heavy atom. The Hall–Kier alpha value is -1.06. The number of hydrogen-bond donors (Lipinski definition) is 1. The van der Waals surface area contributed by atoms with Crippen molar-refractivity contribution in [2.24, 2.45) is 5.73 Å². The lowest BCUT2D eigenvalue weighted by Crippen LogP contribution is -2.48. The third kappa shape index (κ3) is 3.09. The zero-order valence-corrected chi connectivity index (χ0v) is 13.1. The molecule has 1 aromatic carbocycles. The summed E-state index contributed by atoms with van der Waals surface area (Å²) >= 11 is 0. The SMILES string of the molecule is CCOC1(C(N)CCc2ccc3c(c2)CCO3)CCCC1. The summed E-state index contributed by atoms with van der Waals surface area (Å²) in [5.41, 5.74) is 9.17. The Morgan fingerprint density at radius 1 is 1.33 bits per heavy atom. The van der Waals surface area contributed by atoms with Crippen molar-refractivity contribution in [1.82, 2.24) is 0 Å². The molecule has 0 aromatic heterocycles. The summed E-state index contributed by atoms with van der Waals surface area (Å²) in [5, 5.41) is 0. The molecule has 1 aliphatic heterocycles. The van der Waals surface area contributed by atoms with Crippen LogP contribution in [0.2, 0.25) is 0 Å². The number of nitrogens with two attached hydrogens (primary N) is 1. The van der Waals surface area contributed by atoms with Crippen LogP contribution < -0.4 is 10.5 Å². The van der Waals surface area contributed by atoms with E-state index in [1.54, 1.807) is 0 Å². The van der Waals surface area contributed by atoms with Gasteiger partial charge in [0.05, 0.1) is 12.2 Å². The number of hydrogen-bond acceptors (Lipinski definition) is 3. The molecular weight excluding hydrogens is 262 g/mol. The summed E-state index contributed by atoms with van der Waals surface area (Å²) in [6, 6.07) is 6.72. The van der Waals surface area contributed by atoms with Gasteiger partial charge in [0.15, 0.2) is 0 Å². The number of rotatable bonds is 6. The molecule has 1 atom stereocenters. The van der Waals surface area contributed by atoms with Crippen molar-refractivity contribution in [3.05, 3.63) is 29.3 Å². The summed E-state index contributed by atoms with van der Waals surface area (Å²) in [5.74, 6) is 1.06. The summed E-state index contributed by atoms with van der Waals surface area (Å²) in [7, 11) is 0. The highest BCUT2D eigenvalue weighted by Gasteiger charge is 2.39. The maximum atomic E-state index is 6.51. The Balaban J connectivity index is 1.61. The largest absolute Gasteiger partial charge is 0.493 e. The molecular formula is C18H27NO2. The Kier molecular flexibility index (Phi) is 4.51. The average molecular weight is 289 g/mol. The first-order valence-electron chi connectivity index (χ1n) is 8.38. The minimum Gasteiger partial charge on any atom is -0.493 e. The van der Waals surface area contributed by atoms with Gasteiger partial charge in [0.1, 0.15) is 5.75 Å². The van der Waals surface area contributed by atoms with Gasteiger partial charge >= 0.3 is 0 Å². The van der Waals surface area contributed by atoms with E-state index < -0.39 is 0 Å². The highest BCUT2D eigenvalue weighted by Crippen LogP contribution is 2.37.